The van der Waals surface area contributed by atoms with Gasteiger partial charge in [-0.2, -0.15) is 0 Å². The van der Waals surface area contributed by atoms with Gasteiger partial charge in [0.15, 0.2) is 6.10 Å². The summed E-state index contributed by atoms with van der Waals surface area (Å²) in [5, 5.41) is 13.1. The van der Waals surface area contributed by atoms with Crippen molar-refractivity contribution in [1.29, 1.82) is 0 Å². The number of carbonyl (C=O) groups is 2. The summed E-state index contributed by atoms with van der Waals surface area (Å²) in [6.45, 7) is 3.07. The molecule has 23 heavy (non-hydrogen) atoms. The molecule has 1 N–H and O–H groups in total. The van der Waals surface area contributed by atoms with Gasteiger partial charge >= 0.3 is 5.97 Å². The third-order valence-corrected chi connectivity index (χ3v) is 2.92. The van der Waals surface area contributed by atoms with Gasteiger partial charge in [0, 0.05) is 17.8 Å². The predicted octanol–water partition coefficient (Wildman–Crippen LogP) is 2.68. The third kappa shape index (κ3) is 4.16. The highest BCUT2D eigenvalue weighted by Gasteiger charge is 2.21. The van der Waals surface area contributed by atoms with Gasteiger partial charge in [0.1, 0.15) is 5.76 Å². The Labute approximate surface area is 131 Å². The van der Waals surface area contributed by atoms with Crippen molar-refractivity contribution in [3.8, 4) is 0 Å². The molecule has 0 fully saturated rings. The second kappa shape index (κ2) is 6.73. The number of hydrogen-bond donors (Lipinski definition) is 1. The predicted molar refractivity (Wildman–Crippen MR) is 80.0 cm³/mol. The zero-order chi connectivity index (χ0) is 17.0. The molecule has 0 aliphatic carbocycles. The highest BCUT2D eigenvalue weighted by molar-refractivity contribution is 5.96. The maximum atomic E-state index is 12.0. The average Bonchev–Trinajstić information content (AvgIpc) is 2.94. The Morgan fingerprint density at radius 2 is 2.04 bits per heavy atom. The molecule has 0 aliphatic rings. The Morgan fingerprint density at radius 1 is 1.30 bits per heavy atom. The molecule has 1 aromatic heterocycles. The molecule has 0 aliphatic heterocycles. The van der Waals surface area contributed by atoms with Crippen LogP contribution in [0.25, 0.3) is 0 Å². The molecule has 0 saturated carbocycles. The minimum Gasteiger partial charge on any atom is -0.454 e. The maximum Gasteiger partial charge on any atom is 0.375 e. The molecule has 0 radical (unpaired) electrons. The first-order chi connectivity index (χ1) is 10.9. The van der Waals surface area contributed by atoms with Crippen LogP contribution in [0, 0.1) is 17.0 Å². The first-order valence-electron chi connectivity index (χ1n) is 6.69. The maximum absolute atomic E-state index is 12.0. The van der Waals surface area contributed by atoms with Gasteiger partial charge < -0.3 is 14.5 Å². The number of ether oxygens (including phenoxy) is 1. The molecule has 1 aromatic carbocycles. The molecule has 1 heterocycles. The Balaban J connectivity index is 1.98. The average molecular weight is 318 g/mol. The molecule has 1 amide bonds. The number of amides is 1. The summed E-state index contributed by atoms with van der Waals surface area (Å²) in [5.74, 6) is -0.829. The van der Waals surface area contributed by atoms with E-state index >= 15 is 0 Å². The Hall–Kier alpha value is -3.16. The topological polar surface area (TPSA) is 112 Å². The fraction of sp³-hybridized carbons (Fsp3) is 0.200. The van der Waals surface area contributed by atoms with Crippen molar-refractivity contribution in [2.75, 3.05) is 5.32 Å². The van der Waals surface area contributed by atoms with Crippen LogP contribution in [-0.4, -0.2) is 22.9 Å². The number of nitro benzene ring substituents is 1. The van der Waals surface area contributed by atoms with Crippen molar-refractivity contribution in [2.45, 2.75) is 20.0 Å². The highest BCUT2D eigenvalue weighted by Crippen LogP contribution is 2.17. The molecule has 2 aromatic rings. The number of non-ortho nitro benzene ring substituents is 1. The van der Waals surface area contributed by atoms with E-state index in [0.29, 0.717) is 5.76 Å². The monoisotopic (exact) mass is 318 g/mol. The fourth-order valence-corrected chi connectivity index (χ4v) is 1.76. The summed E-state index contributed by atoms with van der Waals surface area (Å²) in [7, 11) is 0. The van der Waals surface area contributed by atoms with Crippen LogP contribution in [0.15, 0.2) is 40.8 Å². The first-order valence-corrected chi connectivity index (χ1v) is 6.69. The van der Waals surface area contributed by atoms with E-state index in [1.807, 2.05) is 0 Å². The van der Waals surface area contributed by atoms with E-state index in [0.717, 1.165) is 0 Å². The third-order valence-electron chi connectivity index (χ3n) is 2.92. The van der Waals surface area contributed by atoms with Gasteiger partial charge in [-0.25, -0.2) is 4.79 Å². The zero-order valence-electron chi connectivity index (χ0n) is 12.4. The van der Waals surface area contributed by atoms with E-state index in [1.54, 1.807) is 13.0 Å². The van der Waals surface area contributed by atoms with Crippen LogP contribution < -0.4 is 5.32 Å². The normalized spacial score (nSPS) is 11.6. The first kappa shape index (κ1) is 16.2. The summed E-state index contributed by atoms with van der Waals surface area (Å²) in [6, 6.07) is 8.50. The van der Waals surface area contributed by atoms with Gasteiger partial charge in [0.2, 0.25) is 5.76 Å². The molecule has 8 nitrogen and oxygen atoms in total. The van der Waals surface area contributed by atoms with Crippen molar-refractivity contribution in [3.63, 3.8) is 0 Å². The molecule has 2 rings (SSSR count). The van der Waals surface area contributed by atoms with Gasteiger partial charge in [-0.15, -0.1) is 0 Å². The number of nitrogens with zero attached hydrogens (tertiary/aromatic N) is 1. The Bertz CT molecular complexity index is 752. The molecule has 1 atom stereocenters. The molecule has 0 bridgehead atoms. The van der Waals surface area contributed by atoms with E-state index < -0.39 is 22.9 Å². The van der Waals surface area contributed by atoms with E-state index in [9.17, 15) is 19.7 Å². The molecule has 0 unspecified atom stereocenters. The zero-order valence-corrected chi connectivity index (χ0v) is 12.4. The summed E-state index contributed by atoms with van der Waals surface area (Å²) >= 11 is 0. The minimum absolute atomic E-state index is 0.00232. The summed E-state index contributed by atoms with van der Waals surface area (Å²) in [6.07, 6.45) is -1.09. The van der Waals surface area contributed by atoms with Crippen LogP contribution >= 0.6 is 0 Å². The second-order valence-corrected chi connectivity index (χ2v) is 4.75. The van der Waals surface area contributed by atoms with Crippen molar-refractivity contribution in [1.82, 2.24) is 0 Å². The molecule has 8 heteroatoms. The van der Waals surface area contributed by atoms with E-state index in [1.165, 1.54) is 37.3 Å². The van der Waals surface area contributed by atoms with Crippen LogP contribution in [0.4, 0.5) is 11.4 Å². The van der Waals surface area contributed by atoms with Crippen LogP contribution in [0.2, 0.25) is 0 Å². The smallest absolute Gasteiger partial charge is 0.375 e. The lowest BCUT2D eigenvalue weighted by Crippen LogP contribution is -2.29. The number of nitro groups is 1. The van der Waals surface area contributed by atoms with Gasteiger partial charge in [-0.05, 0) is 32.0 Å². The number of carbonyl (C=O) groups excluding carboxylic acids is 2. The molecular formula is C15H14N2O6. The standard InChI is InChI=1S/C15H14N2O6/c1-9-6-7-13(22-9)15(19)23-10(2)14(18)16-11-4-3-5-12(8-11)17(20)21/h3-8,10H,1-2H3,(H,16,18)/t10-/m1/s1. The lowest BCUT2D eigenvalue weighted by atomic mass is 10.2. The van der Waals surface area contributed by atoms with Crippen molar-refractivity contribution in [2.24, 2.45) is 0 Å². The van der Waals surface area contributed by atoms with Gasteiger partial charge in [-0.1, -0.05) is 6.07 Å². The summed E-state index contributed by atoms with van der Waals surface area (Å²) < 4.78 is 10.1. The number of esters is 1. The van der Waals surface area contributed by atoms with Crippen molar-refractivity contribution >= 4 is 23.3 Å². The number of furan rings is 1. The lowest BCUT2D eigenvalue weighted by Gasteiger charge is -2.12. The molecular weight excluding hydrogens is 304 g/mol. The lowest BCUT2D eigenvalue weighted by molar-refractivity contribution is -0.384. The van der Waals surface area contributed by atoms with Crippen LogP contribution in [0.1, 0.15) is 23.2 Å². The van der Waals surface area contributed by atoms with Gasteiger partial charge in [0.25, 0.3) is 11.6 Å². The number of aryl methyl sites for hydroxylation is 1. The highest BCUT2D eigenvalue weighted by atomic mass is 16.6. The van der Waals surface area contributed by atoms with Crippen LogP contribution in [0.5, 0.6) is 0 Å². The Morgan fingerprint density at radius 3 is 2.65 bits per heavy atom. The van der Waals surface area contributed by atoms with E-state index in [2.05, 4.69) is 5.32 Å². The number of rotatable bonds is 5. The second-order valence-electron chi connectivity index (χ2n) is 4.75. The van der Waals surface area contributed by atoms with Crippen LogP contribution in [-0.2, 0) is 9.53 Å². The number of hydrogen-bond acceptors (Lipinski definition) is 6. The van der Waals surface area contributed by atoms with Crippen molar-refractivity contribution in [3.05, 3.63) is 58.0 Å². The molecule has 0 saturated heterocycles. The quantitative estimate of drug-likeness (QED) is 0.515. The SMILES string of the molecule is Cc1ccc(C(=O)O[C@H](C)C(=O)Nc2cccc([N+](=O)[O-])c2)o1. The minimum atomic E-state index is -1.09. The van der Waals surface area contributed by atoms with Crippen molar-refractivity contribution < 1.29 is 23.7 Å². The number of anilines is 1. The van der Waals surface area contributed by atoms with E-state index in [4.69, 9.17) is 9.15 Å². The molecule has 0 spiro atoms. The number of nitrogens with one attached hydrogen (secondary N) is 1. The largest absolute Gasteiger partial charge is 0.454 e. The summed E-state index contributed by atoms with van der Waals surface area (Å²) in [4.78, 5) is 33.9. The van der Waals surface area contributed by atoms with Crippen LogP contribution in [0.3, 0.4) is 0 Å². The Kier molecular flexibility index (Phi) is 4.75. The summed E-state index contributed by atoms with van der Waals surface area (Å²) in [5.41, 5.74) is 0.0828. The molecule has 120 valence electrons. The fourth-order valence-electron chi connectivity index (χ4n) is 1.76. The van der Waals surface area contributed by atoms with Gasteiger partial charge in [-0.3, -0.25) is 14.9 Å². The number of benzene rings is 1. The van der Waals surface area contributed by atoms with E-state index in [-0.39, 0.29) is 17.1 Å². The van der Waals surface area contributed by atoms with Gasteiger partial charge in [0.05, 0.1) is 4.92 Å².